The van der Waals surface area contributed by atoms with Crippen LogP contribution in [0.5, 0.6) is 0 Å². The minimum absolute atomic E-state index is 0.228. The molecule has 1 rings (SSSR count). The lowest BCUT2D eigenvalue weighted by Gasteiger charge is -2.13. The topological polar surface area (TPSA) is 99.4 Å². The maximum atomic E-state index is 10.8. The summed E-state index contributed by atoms with van der Waals surface area (Å²) in [4.78, 5) is 20.2. The van der Waals surface area contributed by atoms with Crippen LogP contribution in [0.4, 0.5) is 0 Å². The highest BCUT2D eigenvalue weighted by Gasteiger charge is 2.37. The summed E-state index contributed by atoms with van der Waals surface area (Å²) in [7, 11) is 0. The Morgan fingerprint density at radius 2 is 2.12 bits per heavy atom. The molecule has 0 aromatic carbocycles. The number of furan rings is 1. The summed E-state index contributed by atoms with van der Waals surface area (Å²) >= 11 is 0. The van der Waals surface area contributed by atoms with Crippen LogP contribution >= 0.6 is 0 Å². The second kappa shape index (κ2) is 5.24. The van der Waals surface area contributed by atoms with Crippen molar-refractivity contribution < 1.29 is 14.3 Å². The average molecular weight is 228 g/mol. The normalized spacial score (nSPS) is 14.3. The van der Waals surface area contributed by atoms with E-state index in [0.717, 1.165) is 0 Å². The summed E-state index contributed by atoms with van der Waals surface area (Å²) < 4.78 is 5.02. The van der Waals surface area contributed by atoms with Crippen molar-refractivity contribution >= 4 is 0 Å². The van der Waals surface area contributed by atoms with E-state index in [2.05, 4.69) is 0 Å². The third-order valence-corrected chi connectivity index (χ3v) is 2.41. The maximum Gasteiger partial charge on any atom is 0.229 e. The van der Waals surface area contributed by atoms with Gasteiger partial charge in [0.25, 0.3) is 0 Å². The largest absolute Gasteiger partial charge is 0.469 e. The third-order valence-electron chi connectivity index (χ3n) is 2.41. The molecule has 0 amide bonds. The van der Waals surface area contributed by atoms with Gasteiger partial charge >= 0.3 is 0 Å². The van der Waals surface area contributed by atoms with Gasteiger partial charge in [-0.1, -0.05) is 6.92 Å². The molecule has 0 fully saturated rings. The maximum absolute atomic E-state index is 10.8. The lowest BCUT2D eigenvalue weighted by molar-refractivity contribution is -0.547. The van der Waals surface area contributed by atoms with Crippen LogP contribution in [-0.4, -0.2) is 22.4 Å². The van der Waals surface area contributed by atoms with Crippen molar-refractivity contribution in [1.29, 1.82) is 0 Å². The summed E-state index contributed by atoms with van der Waals surface area (Å²) in [6.45, 7) is 1.14. The van der Waals surface area contributed by atoms with Gasteiger partial charge in [-0.05, 0) is 12.1 Å². The van der Waals surface area contributed by atoms with Crippen LogP contribution in [0.1, 0.15) is 25.0 Å². The highest BCUT2D eigenvalue weighted by atomic mass is 16.6. The second-order valence-electron chi connectivity index (χ2n) is 3.40. The van der Waals surface area contributed by atoms with Crippen LogP contribution in [0.15, 0.2) is 22.8 Å². The van der Waals surface area contributed by atoms with Gasteiger partial charge in [-0.3, -0.25) is 20.2 Å². The number of nitro groups is 2. The van der Waals surface area contributed by atoms with Crippen LogP contribution < -0.4 is 0 Å². The predicted molar refractivity (Wildman–Crippen MR) is 54.4 cm³/mol. The van der Waals surface area contributed by atoms with Gasteiger partial charge in [-0.25, -0.2) is 0 Å². The van der Waals surface area contributed by atoms with Gasteiger partial charge in [-0.15, -0.1) is 0 Å². The van der Waals surface area contributed by atoms with Crippen LogP contribution in [0.2, 0.25) is 0 Å². The minimum atomic E-state index is -0.989. The van der Waals surface area contributed by atoms with Crippen molar-refractivity contribution in [2.45, 2.75) is 25.3 Å². The number of hydrogen-bond donors (Lipinski definition) is 0. The van der Waals surface area contributed by atoms with Gasteiger partial charge < -0.3 is 4.42 Å². The fourth-order valence-corrected chi connectivity index (χ4v) is 1.64. The van der Waals surface area contributed by atoms with Gasteiger partial charge in [0.15, 0.2) is 0 Å². The molecule has 0 aliphatic carbocycles. The molecule has 1 aromatic rings. The Hall–Kier alpha value is -1.92. The molecule has 88 valence electrons. The first-order valence-electron chi connectivity index (χ1n) is 4.85. The van der Waals surface area contributed by atoms with Gasteiger partial charge in [0.1, 0.15) is 11.7 Å². The third kappa shape index (κ3) is 2.78. The number of hydrogen-bond acceptors (Lipinski definition) is 5. The van der Waals surface area contributed by atoms with Gasteiger partial charge in [0.05, 0.1) is 6.26 Å². The van der Waals surface area contributed by atoms with E-state index < -0.39 is 28.4 Å². The van der Waals surface area contributed by atoms with Gasteiger partial charge in [-0.2, -0.15) is 0 Å². The van der Waals surface area contributed by atoms with Crippen LogP contribution in [-0.2, 0) is 0 Å². The molecule has 0 aliphatic heterocycles. The van der Waals surface area contributed by atoms with Gasteiger partial charge in [0, 0.05) is 16.3 Å². The Morgan fingerprint density at radius 1 is 1.44 bits per heavy atom. The van der Waals surface area contributed by atoms with Gasteiger partial charge in [0.2, 0.25) is 12.6 Å². The monoisotopic (exact) mass is 228 g/mol. The van der Waals surface area contributed by atoms with Crippen molar-refractivity contribution in [3.8, 4) is 0 Å². The SMILES string of the molecule is CC[C@@H]([C@H](C[N+](=O)[O-])c1ccco1)[N+](=O)[O-]. The summed E-state index contributed by atoms with van der Waals surface area (Å²) in [5, 5.41) is 21.3. The molecule has 0 radical (unpaired) electrons. The molecule has 7 heteroatoms. The van der Waals surface area contributed by atoms with Crippen molar-refractivity contribution in [1.82, 2.24) is 0 Å². The molecule has 1 heterocycles. The standard InChI is InChI=1S/C9H12N2O5/c1-2-8(11(14)15)7(6-10(12)13)9-4-3-5-16-9/h3-5,7-8H,2,6H2,1H3/t7-,8-/m0/s1. The Kier molecular flexibility index (Phi) is 3.98. The summed E-state index contributed by atoms with van der Waals surface area (Å²) in [6, 6.07) is 2.10. The molecule has 0 spiro atoms. The van der Waals surface area contributed by atoms with Crippen molar-refractivity contribution in [2.75, 3.05) is 6.54 Å². The van der Waals surface area contributed by atoms with E-state index in [1.807, 2.05) is 0 Å². The first kappa shape index (κ1) is 12.2. The minimum Gasteiger partial charge on any atom is -0.469 e. The molecule has 0 unspecified atom stereocenters. The second-order valence-corrected chi connectivity index (χ2v) is 3.40. The molecular formula is C9H12N2O5. The predicted octanol–water partition coefficient (Wildman–Crippen LogP) is 1.70. The lowest BCUT2D eigenvalue weighted by Crippen LogP contribution is -2.31. The zero-order valence-corrected chi connectivity index (χ0v) is 8.74. The van der Waals surface area contributed by atoms with E-state index in [1.165, 1.54) is 12.3 Å². The van der Waals surface area contributed by atoms with Crippen molar-refractivity contribution in [2.24, 2.45) is 0 Å². The van der Waals surface area contributed by atoms with E-state index in [9.17, 15) is 20.2 Å². The molecule has 16 heavy (non-hydrogen) atoms. The lowest BCUT2D eigenvalue weighted by atomic mass is 9.95. The first-order valence-corrected chi connectivity index (χ1v) is 4.85. The van der Waals surface area contributed by atoms with E-state index in [-0.39, 0.29) is 6.42 Å². The molecule has 0 saturated carbocycles. The fraction of sp³-hybridized carbons (Fsp3) is 0.556. The van der Waals surface area contributed by atoms with E-state index in [4.69, 9.17) is 4.42 Å². The Balaban J connectivity index is 2.94. The van der Waals surface area contributed by atoms with Crippen LogP contribution in [0.25, 0.3) is 0 Å². The van der Waals surface area contributed by atoms with Crippen molar-refractivity contribution in [3.63, 3.8) is 0 Å². The molecule has 1 aromatic heterocycles. The Labute approximate surface area is 91.4 Å². The Bertz CT molecular complexity index is 362. The average Bonchev–Trinajstić information content (AvgIpc) is 2.68. The summed E-state index contributed by atoms with van der Waals surface area (Å²) in [5.41, 5.74) is 0. The molecule has 7 nitrogen and oxygen atoms in total. The van der Waals surface area contributed by atoms with E-state index >= 15 is 0 Å². The first-order chi connectivity index (χ1) is 7.56. The smallest absolute Gasteiger partial charge is 0.229 e. The quantitative estimate of drug-likeness (QED) is 0.544. The van der Waals surface area contributed by atoms with E-state index in [1.54, 1.807) is 13.0 Å². The molecule has 0 N–H and O–H groups in total. The Morgan fingerprint density at radius 3 is 2.50 bits per heavy atom. The molecule has 0 bridgehead atoms. The number of nitrogens with zero attached hydrogens (tertiary/aromatic N) is 2. The molecule has 0 aliphatic rings. The summed E-state index contributed by atoms with van der Waals surface area (Å²) in [6.07, 6.45) is 1.58. The van der Waals surface area contributed by atoms with Crippen LogP contribution in [0, 0.1) is 20.2 Å². The molecule has 0 saturated heterocycles. The molecular weight excluding hydrogens is 216 g/mol. The summed E-state index contributed by atoms with van der Waals surface area (Å²) in [5.74, 6) is -0.523. The highest BCUT2D eigenvalue weighted by Crippen LogP contribution is 2.24. The number of rotatable bonds is 6. The van der Waals surface area contributed by atoms with E-state index in [0.29, 0.717) is 5.76 Å². The zero-order valence-electron chi connectivity index (χ0n) is 8.74. The fourth-order valence-electron chi connectivity index (χ4n) is 1.64. The highest BCUT2D eigenvalue weighted by molar-refractivity contribution is 5.07. The van der Waals surface area contributed by atoms with Crippen LogP contribution in [0.3, 0.4) is 0 Å². The molecule has 2 atom stereocenters. The zero-order chi connectivity index (χ0) is 12.1. The van der Waals surface area contributed by atoms with Crippen molar-refractivity contribution in [3.05, 3.63) is 44.4 Å².